The summed E-state index contributed by atoms with van der Waals surface area (Å²) in [6.45, 7) is 5.58. The largest absolute Gasteiger partial charge is 0.394 e. The summed E-state index contributed by atoms with van der Waals surface area (Å²) < 4.78 is 10.6. The van der Waals surface area contributed by atoms with Crippen molar-refractivity contribution in [1.29, 1.82) is 0 Å². The van der Waals surface area contributed by atoms with E-state index in [1.165, 1.54) is 0 Å². The van der Waals surface area contributed by atoms with Gasteiger partial charge in [0.15, 0.2) is 6.29 Å². The molecule has 0 saturated carbocycles. The van der Waals surface area contributed by atoms with Crippen molar-refractivity contribution >= 4 is 17.7 Å². The predicted molar refractivity (Wildman–Crippen MR) is 89.5 cm³/mol. The molecule has 1 rings (SSSR count). The summed E-state index contributed by atoms with van der Waals surface area (Å²) in [7, 11) is 0. The molecule has 0 aliphatic carbocycles. The van der Waals surface area contributed by atoms with Crippen LogP contribution in [0.4, 0.5) is 0 Å². The molecule has 1 fully saturated rings. The zero-order chi connectivity index (χ0) is 18.1. The van der Waals surface area contributed by atoms with E-state index in [1.807, 2.05) is 0 Å². The van der Waals surface area contributed by atoms with Gasteiger partial charge in [-0.1, -0.05) is 6.58 Å². The Balaban J connectivity index is 2.12. The maximum absolute atomic E-state index is 11.3. The van der Waals surface area contributed by atoms with E-state index >= 15 is 0 Å². The molecule has 9 heteroatoms. The van der Waals surface area contributed by atoms with Crippen LogP contribution in [-0.4, -0.2) is 88.3 Å². The first-order chi connectivity index (χ1) is 11.4. The minimum absolute atomic E-state index is 0.151. The number of hydrogen-bond acceptors (Lipinski definition) is 8. The number of rotatable bonds is 10. The van der Waals surface area contributed by atoms with Crippen molar-refractivity contribution in [2.24, 2.45) is 0 Å². The molecule has 1 aliphatic rings. The van der Waals surface area contributed by atoms with Crippen molar-refractivity contribution in [3.8, 4) is 0 Å². The molecule has 1 aliphatic heterocycles. The molecule has 0 spiro atoms. The van der Waals surface area contributed by atoms with Gasteiger partial charge in [0, 0.05) is 17.9 Å². The monoisotopic (exact) mass is 365 g/mol. The summed E-state index contributed by atoms with van der Waals surface area (Å²) in [4.78, 5) is 11.3. The molecule has 0 aromatic heterocycles. The van der Waals surface area contributed by atoms with Gasteiger partial charge in [0.25, 0.3) is 0 Å². The Bertz CT molecular complexity index is 407. The standard InChI is InChI=1S/C15H27NO7S/c1-9(2)14(21)16-4-7-24-6-3-5-22-15-13(20)12(19)11(18)10(8-17)23-15/h10-13,15,17-20H,1,3-8H2,2H3,(H,16,21)/t10-,11+,12+,13-,15-/m1/s1. The first-order valence-corrected chi connectivity index (χ1v) is 8.97. The fourth-order valence-corrected chi connectivity index (χ4v) is 2.83. The summed E-state index contributed by atoms with van der Waals surface area (Å²) >= 11 is 1.64. The van der Waals surface area contributed by atoms with E-state index in [2.05, 4.69) is 11.9 Å². The summed E-state index contributed by atoms with van der Waals surface area (Å²) in [5.74, 6) is 1.40. The van der Waals surface area contributed by atoms with E-state index in [0.717, 1.165) is 11.5 Å². The Labute approximate surface area is 145 Å². The molecule has 0 aromatic carbocycles. The Morgan fingerprint density at radius 1 is 1.25 bits per heavy atom. The number of thioether (sulfide) groups is 1. The molecular weight excluding hydrogens is 338 g/mol. The molecule has 1 amide bonds. The van der Waals surface area contributed by atoms with Gasteiger partial charge in [0.2, 0.25) is 5.91 Å². The van der Waals surface area contributed by atoms with Crippen molar-refractivity contribution in [1.82, 2.24) is 5.32 Å². The van der Waals surface area contributed by atoms with E-state index in [4.69, 9.17) is 14.6 Å². The number of aliphatic hydroxyl groups is 4. The maximum Gasteiger partial charge on any atom is 0.246 e. The Morgan fingerprint density at radius 2 is 1.96 bits per heavy atom. The van der Waals surface area contributed by atoms with Crippen LogP contribution in [-0.2, 0) is 14.3 Å². The SMILES string of the molecule is C=C(C)C(=O)NCCSCCCO[C@@H]1O[C@H](CO)[C@H](O)[C@H](O)[C@H]1O. The first kappa shape index (κ1) is 21.4. The smallest absolute Gasteiger partial charge is 0.246 e. The quantitative estimate of drug-likeness (QED) is 0.237. The molecule has 5 N–H and O–H groups in total. The second-order valence-electron chi connectivity index (χ2n) is 5.57. The van der Waals surface area contributed by atoms with Crippen molar-refractivity contribution in [2.75, 3.05) is 31.3 Å². The predicted octanol–water partition coefficient (Wildman–Crippen LogP) is -1.38. The number of carbonyl (C=O) groups excluding carboxylic acids is 1. The third kappa shape index (κ3) is 6.67. The van der Waals surface area contributed by atoms with Crippen LogP contribution < -0.4 is 5.32 Å². The van der Waals surface area contributed by atoms with Crippen molar-refractivity contribution in [2.45, 2.75) is 44.1 Å². The molecule has 8 nitrogen and oxygen atoms in total. The van der Waals surface area contributed by atoms with Gasteiger partial charge < -0.3 is 35.2 Å². The average Bonchev–Trinajstić information content (AvgIpc) is 2.56. The van der Waals surface area contributed by atoms with Crippen molar-refractivity contribution in [3.63, 3.8) is 0 Å². The third-order valence-electron chi connectivity index (χ3n) is 3.48. The highest BCUT2D eigenvalue weighted by molar-refractivity contribution is 7.99. The van der Waals surface area contributed by atoms with Gasteiger partial charge in [-0.3, -0.25) is 4.79 Å². The van der Waals surface area contributed by atoms with Gasteiger partial charge >= 0.3 is 0 Å². The molecule has 24 heavy (non-hydrogen) atoms. The highest BCUT2D eigenvalue weighted by atomic mass is 32.2. The summed E-state index contributed by atoms with van der Waals surface area (Å²) in [6, 6.07) is 0. The number of amides is 1. The van der Waals surface area contributed by atoms with Gasteiger partial charge in [-0.25, -0.2) is 0 Å². The van der Waals surface area contributed by atoms with E-state index < -0.39 is 37.3 Å². The minimum atomic E-state index is -1.42. The third-order valence-corrected chi connectivity index (χ3v) is 4.55. The molecule has 0 radical (unpaired) electrons. The van der Waals surface area contributed by atoms with Gasteiger partial charge in [0.05, 0.1) is 13.2 Å². The Kier molecular flexibility index (Phi) is 9.82. The second kappa shape index (κ2) is 11.0. The van der Waals surface area contributed by atoms with E-state index in [-0.39, 0.29) is 5.91 Å². The second-order valence-corrected chi connectivity index (χ2v) is 6.79. The molecule has 1 heterocycles. The molecule has 140 valence electrons. The van der Waals surface area contributed by atoms with Crippen LogP contribution in [0.1, 0.15) is 13.3 Å². The van der Waals surface area contributed by atoms with Crippen molar-refractivity contribution in [3.05, 3.63) is 12.2 Å². The van der Waals surface area contributed by atoms with Crippen LogP contribution in [0.3, 0.4) is 0 Å². The lowest BCUT2D eigenvalue weighted by Crippen LogP contribution is -2.59. The molecule has 1 saturated heterocycles. The van der Waals surface area contributed by atoms with Crippen LogP contribution in [0.2, 0.25) is 0 Å². The number of ether oxygens (including phenoxy) is 2. The number of carbonyl (C=O) groups is 1. The number of nitrogens with one attached hydrogen (secondary N) is 1. The Morgan fingerprint density at radius 3 is 2.58 bits per heavy atom. The Hall–Kier alpha value is -0.680. The van der Waals surface area contributed by atoms with Gasteiger partial charge in [-0.2, -0.15) is 11.8 Å². The van der Waals surface area contributed by atoms with Crippen LogP contribution in [0.15, 0.2) is 12.2 Å². The maximum atomic E-state index is 11.3. The zero-order valence-corrected chi connectivity index (χ0v) is 14.6. The molecule has 0 bridgehead atoms. The van der Waals surface area contributed by atoms with Crippen molar-refractivity contribution < 1.29 is 34.7 Å². The zero-order valence-electron chi connectivity index (χ0n) is 13.8. The molecule has 5 atom stereocenters. The van der Waals surface area contributed by atoms with E-state index in [1.54, 1.807) is 18.7 Å². The van der Waals surface area contributed by atoms with Gasteiger partial charge in [-0.15, -0.1) is 0 Å². The highest BCUT2D eigenvalue weighted by Gasteiger charge is 2.43. The minimum Gasteiger partial charge on any atom is -0.394 e. The molecular formula is C15H27NO7S. The fourth-order valence-electron chi connectivity index (χ4n) is 2.06. The molecule has 0 aromatic rings. The highest BCUT2D eigenvalue weighted by Crippen LogP contribution is 2.22. The van der Waals surface area contributed by atoms with E-state index in [9.17, 15) is 20.1 Å². The lowest BCUT2D eigenvalue weighted by Gasteiger charge is -2.39. The first-order valence-electron chi connectivity index (χ1n) is 7.82. The summed E-state index contributed by atoms with van der Waals surface area (Å²) in [5.41, 5.74) is 0.480. The number of aliphatic hydroxyl groups excluding tert-OH is 4. The van der Waals surface area contributed by atoms with Gasteiger partial charge in [-0.05, 0) is 19.1 Å². The van der Waals surface area contributed by atoms with Gasteiger partial charge in [0.1, 0.15) is 24.4 Å². The fraction of sp³-hybridized carbons (Fsp3) is 0.800. The average molecular weight is 365 g/mol. The normalized spacial score (nSPS) is 30.1. The lowest BCUT2D eigenvalue weighted by atomic mass is 9.99. The van der Waals surface area contributed by atoms with Crippen LogP contribution in [0.25, 0.3) is 0 Å². The topological polar surface area (TPSA) is 128 Å². The van der Waals surface area contributed by atoms with Crippen LogP contribution in [0, 0.1) is 0 Å². The van der Waals surface area contributed by atoms with E-state index in [0.29, 0.717) is 25.1 Å². The lowest BCUT2D eigenvalue weighted by molar-refractivity contribution is -0.300. The summed E-state index contributed by atoms with van der Waals surface area (Å²) in [6.07, 6.45) is -5.52. The van der Waals surface area contributed by atoms with Crippen LogP contribution >= 0.6 is 11.8 Å². The summed E-state index contributed by atoms with van der Waals surface area (Å²) in [5, 5.41) is 40.9. The van der Waals surface area contributed by atoms with Crippen LogP contribution in [0.5, 0.6) is 0 Å². The molecule has 0 unspecified atom stereocenters. The number of hydrogen-bond donors (Lipinski definition) is 5.